The van der Waals surface area contributed by atoms with E-state index in [4.69, 9.17) is 0 Å². The fourth-order valence-electron chi connectivity index (χ4n) is 2.39. The number of benzene rings is 1. The van der Waals surface area contributed by atoms with Gasteiger partial charge in [0.25, 0.3) is 0 Å². The van der Waals surface area contributed by atoms with Gasteiger partial charge in [0.1, 0.15) is 0 Å². The van der Waals surface area contributed by atoms with Crippen molar-refractivity contribution in [3.05, 3.63) is 35.4 Å². The zero-order valence-electron chi connectivity index (χ0n) is 10.8. The zero-order valence-corrected chi connectivity index (χ0v) is 10.8. The van der Waals surface area contributed by atoms with E-state index in [0.717, 1.165) is 25.4 Å². The van der Waals surface area contributed by atoms with Gasteiger partial charge in [-0.2, -0.15) is 0 Å². The van der Waals surface area contributed by atoms with Crippen LogP contribution in [0.5, 0.6) is 0 Å². The summed E-state index contributed by atoms with van der Waals surface area (Å²) in [6.45, 7) is 5.65. The first kappa shape index (κ1) is 12.6. The summed E-state index contributed by atoms with van der Waals surface area (Å²) in [5.41, 5.74) is 2.88. The highest BCUT2D eigenvalue weighted by Crippen LogP contribution is 2.06. The van der Waals surface area contributed by atoms with Crippen LogP contribution in [0.1, 0.15) is 30.9 Å². The number of piperidine rings is 1. The molecule has 17 heavy (non-hydrogen) atoms. The van der Waals surface area contributed by atoms with Crippen molar-refractivity contribution in [2.45, 2.75) is 38.6 Å². The number of hydrogen-bond acceptors (Lipinski definition) is 2. The van der Waals surface area contributed by atoms with Crippen LogP contribution >= 0.6 is 0 Å². The summed E-state index contributed by atoms with van der Waals surface area (Å²) in [6.07, 6.45) is 4.82. The third kappa shape index (κ3) is 4.14. The second-order valence-corrected chi connectivity index (χ2v) is 4.90. The predicted octanol–water partition coefficient (Wildman–Crippen LogP) is 2.13. The molecule has 2 rings (SSSR count). The van der Waals surface area contributed by atoms with Gasteiger partial charge in [0.15, 0.2) is 0 Å². The first-order valence-electron chi connectivity index (χ1n) is 6.90. The van der Waals surface area contributed by atoms with E-state index in [1.54, 1.807) is 0 Å². The number of hydrogen-bond donors (Lipinski definition) is 2. The molecule has 0 bridgehead atoms. The van der Waals surface area contributed by atoms with Crippen molar-refractivity contribution >= 4 is 0 Å². The second-order valence-electron chi connectivity index (χ2n) is 4.90. The Morgan fingerprint density at radius 3 is 2.41 bits per heavy atom. The molecule has 2 nitrogen and oxygen atoms in total. The van der Waals surface area contributed by atoms with Crippen LogP contribution in [0.4, 0.5) is 0 Å². The first-order valence-corrected chi connectivity index (χ1v) is 6.90. The summed E-state index contributed by atoms with van der Waals surface area (Å²) in [4.78, 5) is 0. The molecule has 0 saturated carbocycles. The van der Waals surface area contributed by atoms with E-state index in [1.165, 1.54) is 37.1 Å². The van der Waals surface area contributed by atoms with Crippen molar-refractivity contribution in [1.29, 1.82) is 0 Å². The summed E-state index contributed by atoms with van der Waals surface area (Å²) < 4.78 is 0. The fraction of sp³-hybridized carbons (Fsp3) is 0.600. The van der Waals surface area contributed by atoms with Gasteiger partial charge >= 0.3 is 0 Å². The summed E-state index contributed by atoms with van der Waals surface area (Å²) in [5, 5.41) is 7.05. The Bertz CT molecular complexity index is 312. The van der Waals surface area contributed by atoms with E-state index in [9.17, 15) is 0 Å². The van der Waals surface area contributed by atoms with E-state index < -0.39 is 0 Å². The van der Waals surface area contributed by atoms with Crippen molar-refractivity contribution in [3.63, 3.8) is 0 Å². The minimum atomic E-state index is 0.728. The Morgan fingerprint density at radius 2 is 1.76 bits per heavy atom. The average molecular weight is 232 g/mol. The maximum atomic E-state index is 3.66. The van der Waals surface area contributed by atoms with E-state index in [0.29, 0.717) is 0 Å². The van der Waals surface area contributed by atoms with Crippen LogP contribution in [0.25, 0.3) is 0 Å². The lowest BCUT2D eigenvalue weighted by molar-refractivity contribution is 0.389. The maximum absolute atomic E-state index is 3.66. The Labute approximate surface area is 105 Å². The maximum Gasteiger partial charge on any atom is 0.00913 e. The van der Waals surface area contributed by atoms with E-state index >= 15 is 0 Å². The minimum absolute atomic E-state index is 0.728. The quantitative estimate of drug-likeness (QED) is 0.812. The largest absolute Gasteiger partial charge is 0.317 e. The van der Waals surface area contributed by atoms with Crippen LogP contribution in [-0.2, 0) is 12.8 Å². The Balaban J connectivity index is 1.69. The third-order valence-electron chi connectivity index (χ3n) is 3.62. The number of rotatable bonds is 5. The normalized spacial score (nSPS) is 17.2. The van der Waals surface area contributed by atoms with Crippen LogP contribution in [0.15, 0.2) is 24.3 Å². The Kier molecular flexibility index (Phi) is 5.02. The lowest BCUT2D eigenvalue weighted by atomic mass is 10.1. The van der Waals surface area contributed by atoms with Crippen LogP contribution in [-0.4, -0.2) is 25.7 Å². The molecule has 0 unspecified atom stereocenters. The van der Waals surface area contributed by atoms with Gasteiger partial charge in [-0.15, -0.1) is 0 Å². The molecule has 1 fully saturated rings. The summed E-state index contributed by atoms with van der Waals surface area (Å²) >= 11 is 0. The van der Waals surface area contributed by atoms with Crippen LogP contribution in [0, 0.1) is 0 Å². The SMILES string of the molecule is CCc1ccc(CCNC2CCNCC2)cc1. The summed E-state index contributed by atoms with van der Waals surface area (Å²) in [7, 11) is 0. The molecule has 94 valence electrons. The molecule has 0 atom stereocenters. The Hall–Kier alpha value is -0.860. The summed E-state index contributed by atoms with van der Waals surface area (Å²) in [6, 6.07) is 9.76. The highest BCUT2D eigenvalue weighted by Gasteiger charge is 2.11. The monoisotopic (exact) mass is 232 g/mol. The van der Waals surface area contributed by atoms with Crippen molar-refractivity contribution in [2.24, 2.45) is 0 Å². The fourth-order valence-corrected chi connectivity index (χ4v) is 2.39. The van der Waals surface area contributed by atoms with Gasteiger partial charge < -0.3 is 10.6 Å². The van der Waals surface area contributed by atoms with Crippen molar-refractivity contribution in [3.8, 4) is 0 Å². The predicted molar refractivity (Wildman–Crippen MR) is 73.4 cm³/mol. The molecular weight excluding hydrogens is 208 g/mol. The molecular formula is C15H24N2. The van der Waals surface area contributed by atoms with E-state index in [-0.39, 0.29) is 0 Å². The van der Waals surface area contributed by atoms with Gasteiger partial charge in [0.05, 0.1) is 0 Å². The van der Waals surface area contributed by atoms with Gasteiger partial charge in [-0.25, -0.2) is 0 Å². The smallest absolute Gasteiger partial charge is 0.00913 e. The first-order chi connectivity index (χ1) is 8.38. The average Bonchev–Trinajstić information content (AvgIpc) is 2.41. The number of nitrogens with one attached hydrogen (secondary N) is 2. The standard InChI is InChI=1S/C15H24N2/c1-2-13-3-5-14(6-4-13)7-12-17-15-8-10-16-11-9-15/h3-6,15-17H,2,7-12H2,1H3. The van der Waals surface area contributed by atoms with Gasteiger partial charge in [-0.05, 0) is 56.4 Å². The van der Waals surface area contributed by atoms with E-state index in [2.05, 4.69) is 41.8 Å². The van der Waals surface area contributed by atoms with Crippen molar-refractivity contribution in [2.75, 3.05) is 19.6 Å². The number of aryl methyl sites for hydroxylation is 1. The van der Waals surface area contributed by atoms with Crippen molar-refractivity contribution in [1.82, 2.24) is 10.6 Å². The van der Waals surface area contributed by atoms with Crippen molar-refractivity contribution < 1.29 is 0 Å². The molecule has 0 spiro atoms. The van der Waals surface area contributed by atoms with E-state index in [1.807, 2.05) is 0 Å². The lowest BCUT2D eigenvalue weighted by Crippen LogP contribution is -2.40. The molecule has 1 heterocycles. The molecule has 0 amide bonds. The van der Waals surface area contributed by atoms with Crippen LogP contribution in [0.3, 0.4) is 0 Å². The molecule has 1 aromatic carbocycles. The zero-order chi connectivity index (χ0) is 11.9. The molecule has 0 radical (unpaired) electrons. The third-order valence-corrected chi connectivity index (χ3v) is 3.62. The van der Waals surface area contributed by atoms with Gasteiger partial charge in [-0.1, -0.05) is 31.2 Å². The molecule has 1 aromatic rings. The highest BCUT2D eigenvalue weighted by atomic mass is 15.0. The van der Waals surface area contributed by atoms with Gasteiger partial charge in [-0.3, -0.25) is 0 Å². The van der Waals surface area contributed by atoms with Crippen LogP contribution in [0.2, 0.25) is 0 Å². The molecule has 1 saturated heterocycles. The summed E-state index contributed by atoms with van der Waals surface area (Å²) in [5.74, 6) is 0. The molecule has 0 aliphatic carbocycles. The lowest BCUT2D eigenvalue weighted by Gasteiger charge is -2.23. The molecule has 2 N–H and O–H groups in total. The topological polar surface area (TPSA) is 24.1 Å². The second kappa shape index (κ2) is 6.77. The van der Waals surface area contributed by atoms with Gasteiger partial charge in [0.2, 0.25) is 0 Å². The van der Waals surface area contributed by atoms with Gasteiger partial charge in [0, 0.05) is 6.04 Å². The van der Waals surface area contributed by atoms with Crippen LogP contribution < -0.4 is 10.6 Å². The molecule has 1 aliphatic rings. The molecule has 2 heteroatoms. The minimum Gasteiger partial charge on any atom is -0.317 e. The molecule has 1 aliphatic heterocycles. The molecule has 0 aromatic heterocycles. The Morgan fingerprint density at radius 1 is 1.12 bits per heavy atom. The highest BCUT2D eigenvalue weighted by molar-refractivity contribution is 5.22.